The molecule has 2 fully saturated rings. The predicted octanol–water partition coefficient (Wildman–Crippen LogP) is 4.07. The van der Waals surface area contributed by atoms with Gasteiger partial charge in [-0.25, -0.2) is 4.79 Å². The summed E-state index contributed by atoms with van der Waals surface area (Å²) in [6, 6.07) is 0. The molecule has 3 heteroatoms. The van der Waals surface area contributed by atoms with Gasteiger partial charge in [0.05, 0.1) is 6.61 Å². The third-order valence-corrected chi connectivity index (χ3v) is 4.71. The highest BCUT2D eigenvalue weighted by Gasteiger charge is 2.49. The highest BCUT2D eigenvalue weighted by Crippen LogP contribution is 2.49. The summed E-state index contributed by atoms with van der Waals surface area (Å²) in [4.78, 5) is 11.8. The van der Waals surface area contributed by atoms with Crippen LogP contribution in [0.4, 0.5) is 0 Å². The van der Waals surface area contributed by atoms with Crippen molar-refractivity contribution in [2.24, 2.45) is 17.3 Å². The van der Waals surface area contributed by atoms with Crippen LogP contribution in [0.25, 0.3) is 0 Å². The third-order valence-electron chi connectivity index (χ3n) is 4.71. The van der Waals surface area contributed by atoms with Crippen LogP contribution >= 0.6 is 0 Å². The molecule has 1 heterocycles. The molecule has 3 atom stereocenters. The molecule has 3 unspecified atom stereocenters. The Kier molecular flexibility index (Phi) is 4.58. The van der Waals surface area contributed by atoms with Crippen LogP contribution in [0.3, 0.4) is 0 Å². The minimum absolute atomic E-state index is 0.288. The maximum absolute atomic E-state index is 11.8. The van der Waals surface area contributed by atoms with Crippen molar-refractivity contribution in [2.45, 2.75) is 65.1 Å². The van der Waals surface area contributed by atoms with Gasteiger partial charge in [0, 0.05) is 18.4 Å². The Hall–Kier alpha value is -0.830. The molecule has 0 aromatic heterocycles. The SMILES string of the molecule is C=CC(=O)OC1(C2CC(C)CC(C)(C)C2)CCCCO1. The van der Waals surface area contributed by atoms with Gasteiger partial charge < -0.3 is 9.47 Å². The van der Waals surface area contributed by atoms with Gasteiger partial charge in [0.15, 0.2) is 0 Å². The van der Waals surface area contributed by atoms with Crippen molar-refractivity contribution < 1.29 is 14.3 Å². The summed E-state index contributed by atoms with van der Waals surface area (Å²) in [6.07, 6.45) is 7.55. The van der Waals surface area contributed by atoms with Crippen LogP contribution in [-0.4, -0.2) is 18.4 Å². The van der Waals surface area contributed by atoms with Crippen LogP contribution in [0.1, 0.15) is 59.3 Å². The van der Waals surface area contributed by atoms with E-state index >= 15 is 0 Å². The zero-order chi connectivity index (χ0) is 14.8. The first-order valence-corrected chi connectivity index (χ1v) is 7.86. The number of carbonyl (C=O) groups is 1. The molecule has 3 nitrogen and oxygen atoms in total. The maximum atomic E-state index is 11.8. The number of carbonyl (C=O) groups excluding carboxylic acids is 1. The standard InChI is InChI=1S/C17H28O3/c1-5-15(18)20-17(8-6-7-9-19-17)14-10-13(2)11-16(3,4)12-14/h5,13-14H,1,6-12H2,2-4H3. The summed E-state index contributed by atoms with van der Waals surface area (Å²) in [5.74, 6) is -0.128. The molecule has 0 aromatic carbocycles. The van der Waals surface area contributed by atoms with E-state index in [0.717, 1.165) is 32.1 Å². The molecule has 1 aliphatic heterocycles. The summed E-state index contributed by atoms with van der Waals surface area (Å²) >= 11 is 0. The predicted molar refractivity (Wildman–Crippen MR) is 79.1 cm³/mol. The summed E-state index contributed by atoms with van der Waals surface area (Å²) in [5.41, 5.74) is 0.288. The molecule has 0 aromatic rings. The monoisotopic (exact) mass is 280 g/mol. The molecule has 1 aliphatic carbocycles. The second-order valence-corrected chi connectivity index (χ2v) is 7.35. The van der Waals surface area contributed by atoms with Crippen molar-refractivity contribution in [3.63, 3.8) is 0 Å². The van der Waals surface area contributed by atoms with Gasteiger partial charge in [-0.2, -0.15) is 0 Å². The second kappa shape index (κ2) is 5.88. The molecule has 0 amide bonds. The third kappa shape index (κ3) is 3.43. The molecule has 2 aliphatic rings. The van der Waals surface area contributed by atoms with E-state index in [9.17, 15) is 4.79 Å². The normalized spacial score (nSPS) is 37.1. The first kappa shape index (κ1) is 15.6. The van der Waals surface area contributed by atoms with Gasteiger partial charge in [-0.3, -0.25) is 0 Å². The zero-order valence-corrected chi connectivity index (χ0v) is 13.1. The highest BCUT2D eigenvalue weighted by atomic mass is 16.7. The molecule has 20 heavy (non-hydrogen) atoms. The van der Waals surface area contributed by atoms with Crippen LogP contribution < -0.4 is 0 Å². The van der Waals surface area contributed by atoms with Gasteiger partial charge >= 0.3 is 5.97 Å². The van der Waals surface area contributed by atoms with Crippen LogP contribution in [0, 0.1) is 17.3 Å². The van der Waals surface area contributed by atoms with Gasteiger partial charge in [-0.1, -0.05) is 27.4 Å². The van der Waals surface area contributed by atoms with E-state index in [0.29, 0.717) is 18.4 Å². The topological polar surface area (TPSA) is 35.5 Å². The number of hydrogen-bond acceptors (Lipinski definition) is 3. The van der Waals surface area contributed by atoms with E-state index in [4.69, 9.17) is 9.47 Å². The van der Waals surface area contributed by atoms with E-state index in [1.54, 1.807) is 0 Å². The van der Waals surface area contributed by atoms with Crippen molar-refractivity contribution in [3.05, 3.63) is 12.7 Å². The number of rotatable bonds is 3. The van der Waals surface area contributed by atoms with Crippen LogP contribution in [0.2, 0.25) is 0 Å². The average molecular weight is 280 g/mol. The number of esters is 1. The Labute approximate surface area is 122 Å². The molecular weight excluding hydrogens is 252 g/mol. The highest BCUT2D eigenvalue weighted by molar-refractivity contribution is 5.81. The lowest BCUT2D eigenvalue weighted by atomic mass is 9.65. The van der Waals surface area contributed by atoms with E-state index in [1.165, 1.54) is 12.5 Å². The van der Waals surface area contributed by atoms with Crippen LogP contribution in [-0.2, 0) is 14.3 Å². The second-order valence-electron chi connectivity index (χ2n) is 7.35. The fraction of sp³-hybridized carbons (Fsp3) is 0.824. The molecule has 0 bridgehead atoms. The first-order chi connectivity index (χ1) is 9.37. The Morgan fingerprint density at radius 2 is 2.10 bits per heavy atom. The van der Waals surface area contributed by atoms with E-state index in [2.05, 4.69) is 27.4 Å². The summed E-state index contributed by atoms with van der Waals surface area (Å²) < 4.78 is 11.8. The molecule has 0 N–H and O–H groups in total. The van der Waals surface area contributed by atoms with Crippen LogP contribution in [0.5, 0.6) is 0 Å². The maximum Gasteiger partial charge on any atom is 0.332 e. The van der Waals surface area contributed by atoms with E-state index in [1.807, 2.05) is 0 Å². The lowest BCUT2D eigenvalue weighted by molar-refractivity contribution is -0.278. The average Bonchev–Trinajstić information content (AvgIpc) is 2.37. The molecule has 1 saturated carbocycles. The Bertz CT molecular complexity index is 366. The Morgan fingerprint density at radius 3 is 2.65 bits per heavy atom. The Balaban J connectivity index is 2.21. The van der Waals surface area contributed by atoms with Crippen LogP contribution in [0.15, 0.2) is 12.7 Å². The van der Waals surface area contributed by atoms with Crippen molar-refractivity contribution in [3.8, 4) is 0 Å². The quantitative estimate of drug-likeness (QED) is 0.577. The number of ether oxygens (including phenoxy) is 2. The summed E-state index contributed by atoms with van der Waals surface area (Å²) in [6.45, 7) is 11.1. The van der Waals surface area contributed by atoms with Crippen molar-refractivity contribution in [1.29, 1.82) is 0 Å². The lowest BCUT2D eigenvalue weighted by Gasteiger charge is -2.48. The van der Waals surface area contributed by atoms with Gasteiger partial charge in [0.1, 0.15) is 0 Å². The fourth-order valence-electron chi connectivity index (χ4n) is 4.17. The van der Waals surface area contributed by atoms with Gasteiger partial charge in [0.25, 0.3) is 0 Å². The minimum atomic E-state index is -0.713. The van der Waals surface area contributed by atoms with Gasteiger partial charge in [-0.15, -0.1) is 0 Å². The zero-order valence-electron chi connectivity index (χ0n) is 13.1. The molecule has 2 rings (SSSR count). The van der Waals surface area contributed by atoms with Crippen molar-refractivity contribution in [1.82, 2.24) is 0 Å². The summed E-state index contributed by atoms with van der Waals surface area (Å²) in [5, 5.41) is 0. The number of hydrogen-bond donors (Lipinski definition) is 0. The van der Waals surface area contributed by atoms with Gasteiger partial charge in [0.2, 0.25) is 5.79 Å². The summed E-state index contributed by atoms with van der Waals surface area (Å²) in [7, 11) is 0. The van der Waals surface area contributed by atoms with Crippen molar-refractivity contribution >= 4 is 5.97 Å². The van der Waals surface area contributed by atoms with E-state index in [-0.39, 0.29) is 11.4 Å². The molecule has 0 spiro atoms. The largest absolute Gasteiger partial charge is 0.430 e. The van der Waals surface area contributed by atoms with Crippen molar-refractivity contribution in [2.75, 3.05) is 6.61 Å². The first-order valence-electron chi connectivity index (χ1n) is 7.86. The Morgan fingerprint density at radius 1 is 1.35 bits per heavy atom. The van der Waals surface area contributed by atoms with Gasteiger partial charge in [-0.05, 0) is 43.4 Å². The fourth-order valence-corrected chi connectivity index (χ4v) is 4.17. The minimum Gasteiger partial charge on any atom is -0.430 e. The molecule has 1 saturated heterocycles. The molecule has 0 radical (unpaired) electrons. The molecular formula is C17H28O3. The smallest absolute Gasteiger partial charge is 0.332 e. The molecule has 114 valence electrons. The lowest BCUT2D eigenvalue weighted by Crippen LogP contribution is -2.50. The van der Waals surface area contributed by atoms with E-state index < -0.39 is 5.79 Å².